The Morgan fingerprint density at radius 2 is 2.05 bits per heavy atom. The molecule has 1 aromatic rings. The van der Waals surface area contributed by atoms with Crippen molar-refractivity contribution in [2.75, 3.05) is 7.05 Å². The van der Waals surface area contributed by atoms with Gasteiger partial charge in [0.1, 0.15) is 0 Å². The maximum absolute atomic E-state index is 12.4. The molecule has 0 aliphatic heterocycles. The normalized spacial score (nSPS) is 24.1. The molecule has 112 valence electrons. The van der Waals surface area contributed by atoms with Crippen LogP contribution in [0.5, 0.6) is 0 Å². The highest BCUT2D eigenvalue weighted by Crippen LogP contribution is 2.28. The molecule has 1 unspecified atom stereocenters. The van der Waals surface area contributed by atoms with Crippen molar-refractivity contribution in [2.45, 2.75) is 50.1 Å². The first-order chi connectivity index (χ1) is 9.46. The third-order valence-electron chi connectivity index (χ3n) is 4.02. The van der Waals surface area contributed by atoms with Crippen LogP contribution >= 0.6 is 0 Å². The van der Waals surface area contributed by atoms with Gasteiger partial charge in [0.05, 0.1) is 4.90 Å². The van der Waals surface area contributed by atoms with Crippen molar-refractivity contribution in [1.29, 1.82) is 0 Å². The van der Waals surface area contributed by atoms with E-state index >= 15 is 0 Å². The number of sulfonamides is 1. The Morgan fingerprint density at radius 1 is 1.35 bits per heavy atom. The van der Waals surface area contributed by atoms with Gasteiger partial charge in [-0.2, -0.15) is 0 Å². The molecule has 1 atom stereocenters. The molecule has 0 spiro atoms. The summed E-state index contributed by atoms with van der Waals surface area (Å²) in [5.74, 6) is 0.628. The molecule has 20 heavy (non-hydrogen) atoms. The summed E-state index contributed by atoms with van der Waals surface area (Å²) < 4.78 is 27.5. The van der Waals surface area contributed by atoms with Crippen molar-refractivity contribution < 1.29 is 8.42 Å². The predicted octanol–water partition coefficient (Wildman–Crippen LogP) is 2.43. The lowest BCUT2D eigenvalue weighted by Gasteiger charge is -2.32. The fraction of sp³-hybridized carbons (Fsp3) is 0.600. The van der Waals surface area contributed by atoms with Crippen molar-refractivity contribution in [3.05, 3.63) is 29.8 Å². The molecule has 1 saturated carbocycles. The highest BCUT2D eigenvalue weighted by molar-refractivity contribution is 7.89. The Kier molecular flexibility index (Phi) is 4.83. The highest BCUT2D eigenvalue weighted by Gasteiger charge is 2.29. The summed E-state index contributed by atoms with van der Waals surface area (Å²) >= 11 is 0. The van der Waals surface area contributed by atoms with Gasteiger partial charge >= 0.3 is 0 Å². The topological polar surface area (TPSA) is 58.2 Å². The summed E-state index contributed by atoms with van der Waals surface area (Å²) in [6.45, 7) is 4.22. The zero-order valence-electron chi connectivity index (χ0n) is 12.4. The zero-order valence-corrected chi connectivity index (χ0v) is 13.2. The minimum absolute atomic E-state index is 0.102. The number of hydrogen-bond acceptors (Lipinski definition) is 3. The molecule has 1 aliphatic rings. The smallest absolute Gasteiger partial charge is 0.240 e. The molecule has 0 radical (unpaired) electrons. The van der Waals surface area contributed by atoms with Crippen LogP contribution in [-0.4, -0.2) is 21.5 Å². The van der Waals surface area contributed by atoms with Crippen LogP contribution in [0, 0.1) is 5.92 Å². The van der Waals surface area contributed by atoms with Gasteiger partial charge in [-0.05, 0) is 49.9 Å². The van der Waals surface area contributed by atoms with Crippen molar-refractivity contribution in [3.63, 3.8) is 0 Å². The first-order valence-corrected chi connectivity index (χ1v) is 8.74. The minimum Gasteiger partial charge on any atom is -0.313 e. The Hall–Kier alpha value is -0.910. The van der Waals surface area contributed by atoms with E-state index in [0.717, 1.165) is 24.8 Å². The summed E-state index contributed by atoms with van der Waals surface area (Å²) in [6.07, 6.45) is 2.80. The molecule has 4 nitrogen and oxygen atoms in total. The van der Waals surface area contributed by atoms with Crippen molar-refractivity contribution in [3.8, 4) is 0 Å². The monoisotopic (exact) mass is 296 g/mol. The second-order valence-electron chi connectivity index (χ2n) is 5.72. The molecule has 0 saturated heterocycles. The number of rotatable bonds is 6. The summed E-state index contributed by atoms with van der Waals surface area (Å²) in [4.78, 5) is 0.364. The molecule has 0 heterocycles. The molecule has 1 fully saturated rings. The van der Waals surface area contributed by atoms with Crippen LogP contribution in [0.25, 0.3) is 0 Å². The highest BCUT2D eigenvalue weighted by atomic mass is 32.2. The Bertz CT molecular complexity index is 547. The molecule has 0 amide bonds. The average molecular weight is 296 g/mol. The molecular weight excluding hydrogens is 272 g/mol. The standard InChI is InChI=1S/C15H24N2O2S/c1-4-15(16-3)12-6-5-7-14(10-12)20(18,19)17-13-8-11(2)9-13/h5-7,10-11,13,15-17H,4,8-9H2,1-3H3. The van der Waals surface area contributed by atoms with E-state index in [9.17, 15) is 8.42 Å². The van der Waals surface area contributed by atoms with Crippen LogP contribution in [0.3, 0.4) is 0 Å². The van der Waals surface area contributed by atoms with Crippen LogP contribution < -0.4 is 10.0 Å². The first kappa shape index (κ1) is 15.5. The van der Waals surface area contributed by atoms with Gasteiger partial charge in [-0.3, -0.25) is 0 Å². The summed E-state index contributed by atoms with van der Waals surface area (Å²) in [5.41, 5.74) is 1.01. The molecule has 2 N–H and O–H groups in total. The van der Waals surface area contributed by atoms with Crippen LogP contribution in [0.15, 0.2) is 29.2 Å². The van der Waals surface area contributed by atoms with Gasteiger partial charge < -0.3 is 5.32 Å². The van der Waals surface area contributed by atoms with Crippen LogP contribution in [0.4, 0.5) is 0 Å². The quantitative estimate of drug-likeness (QED) is 0.847. The van der Waals surface area contributed by atoms with Gasteiger partial charge in [-0.15, -0.1) is 0 Å². The fourth-order valence-electron chi connectivity index (χ4n) is 2.79. The fourth-order valence-corrected chi connectivity index (χ4v) is 4.11. The van der Waals surface area contributed by atoms with E-state index in [1.807, 2.05) is 19.2 Å². The van der Waals surface area contributed by atoms with E-state index in [1.54, 1.807) is 12.1 Å². The van der Waals surface area contributed by atoms with Gasteiger partial charge in [0.2, 0.25) is 10.0 Å². The maximum Gasteiger partial charge on any atom is 0.240 e. The average Bonchev–Trinajstić information content (AvgIpc) is 2.38. The third kappa shape index (κ3) is 3.40. The van der Waals surface area contributed by atoms with Crippen molar-refractivity contribution >= 4 is 10.0 Å². The van der Waals surface area contributed by atoms with Crippen LogP contribution in [-0.2, 0) is 10.0 Å². The third-order valence-corrected chi connectivity index (χ3v) is 5.54. The van der Waals surface area contributed by atoms with E-state index in [-0.39, 0.29) is 12.1 Å². The second kappa shape index (κ2) is 6.24. The van der Waals surface area contributed by atoms with Crippen molar-refractivity contribution in [1.82, 2.24) is 10.0 Å². The van der Waals surface area contributed by atoms with Gasteiger partial charge in [-0.1, -0.05) is 26.0 Å². The van der Waals surface area contributed by atoms with Gasteiger partial charge in [0.15, 0.2) is 0 Å². The van der Waals surface area contributed by atoms with Crippen LogP contribution in [0.1, 0.15) is 44.7 Å². The number of benzene rings is 1. The molecule has 2 rings (SSSR count). The first-order valence-electron chi connectivity index (χ1n) is 7.25. The molecule has 5 heteroatoms. The van der Waals surface area contributed by atoms with E-state index < -0.39 is 10.0 Å². The second-order valence-corrected chi connectivity index (χ2v) is 7.43. The van der Waals surface area contributed by atoms with E-state index in [4.69, 9.17) is 0 Å². The van der Waals surface area contributed by atoms with Gasteiger partial charge in [0, 0.05) is 12.1 Å². The Morgan fingerprint density at radius 3 is 2.60 bits per heavy atom. The molecule has 1 aromatic carbocycles. The Balaban J connectivity index is 2.17. The lowest BCUT2D eigenvalue weighted by atomic mass is 9.83. The molecular formula is C15H24N2O2S. The molecule has 0 aromatic heterocycles. The summed E-state index contributed by atoms with van der Waals surface area (Å²) in [5, 5.41) is 3.20. The number of nitrogens with one attached hydrogen (secondary N) is 2. The summed E-state index contributed by atoms with van der Waals surface area (Å²) in [6, 6.07) is 7.51. The summed E-state index contributed by atoms with van der Waals surface area (Å²) in [7, 11) is -1.50. The lowest BCUT2D eigenvalue weighted by molar-refractivity contribution is 0.270. The van der Waals surface area contributed by atoms with E-state index in [0.29, 0.717) is 10.8 Å². The van der Waals surface area contributed by atoms with Gasteiger partial charge in [0.25, 0.3) is 0 Å². The van der Waals surface area contributed by atoms with Crippen molar-refractivity contribution in [2.24, 2.45) is 5.92 Å². The molecule has 1 aliphatic carbocycles. The minimum atomic E-state index is -3.39. The van der Waals surface area contributed by atoms with E-state index in [1.165, 1.54) is 0 Å². The zero-order chi connectivity index (χ0) is 14.8. The largest absolute Gasteiger partial charge is 0.313 e. The Labute approximate surface area is 122 Å². The SMILES string of the molecule is CCC(NC)c1cccc(S(=O)(=O)NC2CC(C)C2)c1. The van der Waals surface area contributed by atoms with E-state index in [2.05, 4.69) is 23.9 Å². The number of hydrogen-bond donors (Lipinski definition) is 2. The van der Waals surface area contributed by atoms with Crippen LogP contribution in [0.2, 0.25) is 0 Å². The van der Waals surface area contributed by atoms with Gasteiger partial charge in [-0.25, -0.2) is 13.1 Å². The predicted molar refractivity (Wildman–Crippen MR) is 81.0 cm³/mol. The lowest BCUT2D eigenvalue weighted by Crippen LogP contribution is -2.43. The maximum atomic E-state index is 12.4. The molecule has 0 bridgehead atoms.